The molecule has 1 N–H and O–H groups in total. The van der Waals surface area contributed by atoms with E-state index in [4.69, 9.17) is 16.0 Å². The van der Waals surface area contributed by atoms with Crippen molar-refractivity contribution in [3.05, 3.63) is 42.9 Å². The van der Waals surface area contributed by atoms with Gasteiger partial charge in [-0.1, -0.05) is 11.6 Å². The van der Waals surface area contributed by atoms with Crippen molar-refractivity contribution in [3.8, 4) is 0 Å². The predicted octanol–water partition coefficient (Wildman–Crippen LogP) is 5.22. The fourth-order valence-electron chi connectivity index (χ4n) is 1.92. The molecule has 2 aromatic rings. The van der Waals surface area contributed by atoms with Crippen molar-refractivity contribution in [1.29, 1.82) is 0 Å². The highest BCUT2D eigenvalue weighted by atomic mass is 79.9. The third kappa shape index (κ3) is 3.18. The number of nitrogens with one attached hydrogen (secondary N) is 1. The Bertz CT molecular complexity index is 530. The van der Waals surface area contributed by atoms with Crippen molar-refractivity contribution in [2.75, 3.05) is 0 Å². The van der Waals surface area contributed by atoms with Crippen LogP contribution in [0.2, 0.25) is 4.34 Å². The average Bonchev–Trinajstić information content (AvgIpc) is 2.79. The van der Waals surface area contributed by atoms with E-state index in [-0.39, 0.29) is 6.04 Å². The quantitative estimate of drug-likeness (QED) is 0.819. The highest BCUT2D eigenvalue weighted by molar-refractivity contribution is 9.10. The van der Waals surface area contributed by atoms with Gasteiger partial charge >= 0.3 is 0 Å². The van der Waals surface area contributed by atoms with Crippen molar-refractivity contribution in [3.63, 3.8) is 0 Å². The van der Waals surface area contributed by atoms with Crippen LogP contribution in [0.1, 0.15) is 34.9 Å². The van der Waals surface area contributed by atoms with Gasteiger partial charge in [-0.15, -0.1) is 11.3 Å². The van der Waals surface area contributed by atoms with Crippen LogP contribution in [-0.4, -0.2) is 0 Å². The average molecular weight is 349 g/mol. The Morgan fingerprint density at radius 1 is 1.44 bits per heavy atom. The van der Waals surface area contributed by atoms with E-state index in [1.165, 1.54) is 10.4 Å². The van der Waals surface area contributed by atoms with Gasteiger partial charge in [0.25, 0.3) is 0 Å². The van der Waals surface area contributed by atoms with Gasteiger partial charge in [-0.2, -0.15) is 0 Å². The molecule has 1 atom stereocenters. The van der Waals surface area contributed by atoms with Gasteiger partial charge in [0.05, 0.1) is 0 Å². The lowest BCUT2D eigenvalue weighted by Gasteiger charge is -2.12. The van der Waals surface area contributed by atoms with Crippen molar-refractivity contribution in [2.45, 2.75) is 33.4 Å². The van der Waals surface area contributed by atoms with Gasteiger partial charge in [-0.3, -0.25) is 0 Å². The standard InChI is InChI=1S/C13H15BrClNOS/c1-7-4-11(9(3)17-7)8(2)16-6-10-5-12(14)13(15)18-10/h4-5,8,16H,6H2,1-3H3. The molecule has 1 unspecified atom stereocenters. The Morgan fingerprint density at radius 3 is 2.67 bits per heavy atom. The van der Waals surface area contributed by atoms with Gasteiger partial charge in [0.2, 0.25) is 0 Å². The maximum Gasteiger partial charge on any atom is 0.107 e. The van der Waals surface area contributed by atoms with Crippen LogP contribution in [0.5, 0.6) is 0 Å². The minimum absolute atomic E-state index is 0.266. The zero-order valence-electron chi connectivity index (χ0n) is 10.5. The molecule has 2 aromatic heterocycles. The van der Waals surface area contributed by atoms with Crippen molar-refractivity contribution in [1.82, 2.24) is 5.32 Å². The molecule has 0 saturated carbocycles. The third-order valence-electron chi connectivity index (χ3n) is 2.82. The SMILES string of the molecule is Cc1cc(C(C)NCc2cc(Br)c(Cl)s2)c(C)o1. The third-order valence-corrected chi connectivity index (χ3v) is 5.30. The summed E-state index contributed by atoms with van der Waals surface area (Å²) in [7, 11) is 0. The molecule has 0 saturated heterocycles. The summed E-state index contributed by atoms with van der Waals surface area (Å²) < 4.78 is 7.31. The maximum atomic E-state index is 6.02. The summed E-state index contributed by atoms with van der Waals surface area (Å²) in [5.41, 5.74) is 1.22. The summed E-state index contributed by atoms with van der Waals surface area (Å²) in [5.74, 6) is 1.94. The van der Waals surface area contributed by atoms with Crippen molar-refractivity contribution < 1.29 is 4.42 Å². The number of aryl methyl sites for hydroxylation is 2. The van der Waals surface area contributed by atoms with Crippen LogP contribution < -0.4 is 5.32 Å². The van der Waals surface area contributed by atoms with Gasteiger partial charge in [-0.25, -0.2) is 0 Å². The summed E-state index contributed by atoms with van der Waals surface area (Å²) in [4.78, 5) is 1.22. The van der Waals surface area contributed by atoms with Gasteiger partial charge in [-0.05, 0) is 48.8 Å². The second kappa shape index (κ2) is 5.78. The Hall–Kier alpha value is -0.290. The first-order chi connectivity index (χ1) is 8.47. The van der Waals surface area contributed by atoms with Gasteiger partial charge < -0.3 is 9.73 Å². The molecule has 0 fully saturated rings. The van der Waals surface area contributed by atoms with E-state index in [2.05, 4.69) is 40.3 Å². The number of halogens is 2. The van der Waals surface area contributed by atoms with Crippen molar-refractivity contribution in [2.24, 2.45) is 0 Å². The number of thiophene rings is 1. The van der Waals surface area contributed by atoms with Crippen molar-refractivity contribution >= 4 is 38.9 Å². The highest BCUT2D eigenvalue weighted by Gasteiger charge is 2.13. The minimum atomic E-state index is 0.266. The number of hydrogen-bond donors (Lipinski definition) is 1. The van der Waals surface area contributed by atoms with Crippen LogP contribution in [-0.2, 0) is 6.54 Å². The zero-order chi connectivity index (χ0) is 13.3. The molecular formula is C13H15BrClNOS. The molecule has 2 nitrogen and oxygen atoms in total. The molecule has 5 heteroatoms. The lowest BCUT2D eigenvalue weighted by Crippen LogP contribution is -2.17. The van der Waals surface area contributed by atoms with Gasteiger partial charge in [0.1, 0.15) is 15.9 Å². The second-order valence-electron chi connectivity index (χ2n) is 4.31. The summed E-state index contributed by atoms with van der Waals surface area (Å²) in [6, 6.07) is 4.41. The van der Waals surface area contributed by atoms with Crippen LogP contribution in [0.15, 0.2) is 21.0 Å². The van der Waals surface area contributed by atoms with Gasteiger partial charge in [0, 0.05) is 27.5 Å². The first-order valence-corrected chi connectivity index (χ1v) is 7.70. The molecule has 0 radical (unpaired) electrons. The fourth-order valence-corrected chi connectivity index (χ4v) is 3.66. The first-order valence-electron chi connectivity index (χ1n) is 5.71. The molecule has 0 aromatic carbocycles. The maximum absolute atomic E-state index is 6.02. The molecule has 0 aliphatic heterocycles. The molecule has 0 aliphatic rings. The Morgan fingerprint density at radius 2 is 2.17 bits per heavy atom. The van der Waals surface area contributed by atoms with E-state index >= 15 is 0 Å². The Labute approximate surface area is 124 Å². The van der Waals surface area contributed by atoms with E-state index < -0.39 is 0 Å². The number of furan rings is 1. The largest absolute Gasteiger partial charge is 0.466 e. The fraction of sp³-hybridized carbons (Fsp3) is 0.385. The van der Waals surface area contributed by atoms with Crippen LogP contribution in [0.3, 0.4) is 0 Å². The van der Waals surface area contributed by atoms with Crippen LogP contribution in [0.25, 0.3) is 0 Å². The monoisotopic (exact) mass is 347 g/mol. The summed E-state index contributed by atoms with van der Waals surface area (Å²) in [6.07, 6.45) is 0. The van der Waals surface area contributed by atoms with Gasteiger partial charge in [0.15, 0.2) is 0 Å². The van der Waals surface area contributed by atoms with E-state index in [0.717, 1.165) is 26.9 Å². The molecule has 2 heterocycles. The molecule has 0 spiro atoms. The number of hydrogen-bond acceptors (Lipinski definition) is 3. The highest BCUT2D eigenvalue weighted by Crippen LogP contribution is 2.32. The molecule has 0 amide bonds. The first kappa shape index (κ1) is 14.1. The van der Waals surface area contributed by atoms with E-state index in [1.807, 2.05) is 13.8 Å². The van der Waals surface area contributed by atoms with E-state index in [9.17, 15) is 0 Å². The predicted molar refractivity (Wildman–Crippen MR) is 80.5 cm³/mol. The summed E-state index contributed by atoms with van der Waals surface area (Å²) >= 11 is 11.0. The topological polar surface area (TPSA) is 25.2 Å². The van der Waals surface area contributed by atoms with Crippen LogP contribution >= 0.6 is 38.9 Å². The Kier molecular flexibility index (Phi) is 4.54. The smallest absolute Gasteiger partial charge is 0.107 e. The molecule has 98 valence electrons. The zero-order valence-corrected chi connectivity index (χ0v) is 13.7. The van der Waals surface area contributed by atoms with E-state index in [1.54, 1.807) is 11.3 Å². The summed E-state index contributed by atoms with van der Waals surface area (Å²) in [6.45, 7) is 6.92. The normalized spacial score (nSPS) is 12.9. The molecule has 18 heavy (non-hydrogen) atoms. The number of rotatable bonds is 4. The molecule has 0 bridgehead atoms. The lowest BCUT2D eigenvalue weighted by molar-refractivity contribution is 0.490. The molecule has 2 rings (SSSR count). The minimum Gasteiger partial charge on any atom is -0.466 e. The second-order valence-corrected chi connectivity index (χ2v) is 6.90. The van der Waals surface area contributed by atoms with Crippen LogP contribution in [0, 0.1) is 13.8 Å². The molecule has 0 aliphatic carbocycles. The Balaban J connectivity index is 2.00. The lowest BCUT2D eigenvalue weighted by atomic mass is 10.1. The van der Waals surface area contributed by atoms with Crippen LogP contribution in [0.4, 0.5) is 0 Å². The van der Waals surface area contributed by atoms with E-state index in [0.29, 0.717) is 0 Å². The summed E-state index contributed by atoms with van der Waals surface area (Å²) in [5, 5.41) is 3.48. The molecular weight excluding hydrogens is 334 g/mol.